The Balaban J connectivity index is 1.99. The third-order valence-electron chi connectivity index (χ3n) is 6.02. The number of aliphatic hydroxyl groups excluding tert-OH is 1. The van der Waals surface area contributed by atoms with Crippen molar-refractivity contribution in [3.63, 3.8) is 0 Å². The van der Waals surface area contributed by atoms with Crippen molar-refractivity contribution in [2.45, 2.75) is 58.3 Å². The Morgan fingerprint density at radius 3 is 2.71 bits per heavy atom. The zero-order valence-corrected chi connectivity index (χ0v) is 14.6. The Kier molecular flexibility index (Phi) is 4.11. The number of esters is 2. The molecule has 0 unspecified atom stereocenters. The van der Waals surface area contributed by atoms with Gasteiger partial charge in [-0.1, -0.05) is 39.5 Å². The van der Waals surface area contributed by atoms with Gasteiger partial charge in [0.1, 0.15) is 12.2 Å². The van der Waals surface area contributed by atoms with E-state index in [4.69, 9.17) is 9.47 Å². The van der Waals surface area contributed by atoms with E-state index < -0.39 is 29.7 Å². The normalized spacial score (nSPS) is 41.7. The molecule has 0 aromatic carbocycles. The minimum Gasteiger partial charge on any atom is -0.461 e. The maximum atomic E-state index is 12.1. The number of hydrogen-bond acceptors (Lipinski definition) is 5. The van der Waals surface area contributed by atoms with Crippen molar-refractivity contribution in [2.75, 3.05) is 0 Å². The molecule has 2 saturated carbocycles. The maximum Gasteiger partial charge on any atom is 0.334 e. The van der Waals surface area contributed by atoms with Crippen molar-refractivity contribution in [3.8, 4) is 0 Å². The van der Waals surface area contributed by atoms with Crippen molar-refractivity contribution < 1.29 is 24.2 Å². The van der Waals surface area contributed by atoms with Gasteiger partial charge in [-0.3, -0.25) is 4.79 Å². The number of carbonyl (C=O) groups is 2. The number of ether oxygens (including phenoxy) is 2. The molecule has 0 aromatic heterocycles. The van der Waals surface area contributed by atoms with E-state index >= 15 is 0 Å². The second kappa shape index (κ2) is 5.73. The molecule has 0 amide bonds. The van der Waals surface area contributed by atoms with Gasteiger partial charge in [0.15, 0.2) is 0 Å². The summed E-state index contributed by atoms with van der Waals surface area (Å²) in [5.41, 5.74) is 0.828. The summed E-state index contributed by atoms with van der Waals surface area (Å²) in [5, 5.41) is 10.6. The highest BCUT2D eigenvalue weighted by Gasteiger charge is 2.62. The SMILES string of the molecule is C=C1C(=O)O[C@H]2[C@H]1[C@@H](OC(=O)C(C)C)C[C@@]1(C)[C@H](O)CCC(=C)[C@H]21. The van der Waals surface area contributed by atoms with Gasteiger partial charge in [-0.15, -0.1) is 0 Å². The molecule has 132 valence electrons. The highest BCUT2D eigenvalue weighted by molar-refractivity contribution is 5.91. The summed E-state index contributed by atoms with van der Waals surface area (Å²) in [4.78, 5) is 24.3. The molecule has 1 N–H and O–H groups in total. The number of hydrogen-bond donors (Lipinski definition) is 1. The van der Waals surface area contributed by atoms with Gasteiger partial charge < -0.3 is 14.6 Å². The van der Waals surface area contributed by atoms with Crippen LogP contribution >= 0.6 is 0 Å². The number of rotatable bonds is 2. The molecule has 2 aliphatic carbocycles. The van der Waals surface area contributed by atoms with E-state index in [1.54, 1.807) is 13.8 Å². The predicted octanol–water partition coefficient (Wildman–Crippen LogP) is 2.39. The number of carbonyl (C=O) groups excluding carboxylic acids is 2. The van der Waals surface area contributed by atoms with E-state index in [0.717, 1.165) is 5.57 Å². The second-order valence-corrected chi connectivity index (χ2v) is 7.95. The first-order chi connectivity index (χ1) is 11.2. The molecule has 0 spiro atoms. The molecule has 0 radical (unpaired) electrons. The molecule has 5 nitrogen and oxygen atoms in total. The monoisotopic (exact) mass is 334 g/mol. The molecule has 24 heavy (non-hydrogen) atoms. The minimum atomic E-state index is -0.540. The molecule has 1 saturated heterocycles. The first-order valence-electron chi connectivity index (χ1n) is 8.62. The standard InChI is InChI=1S/C19H26O5/c1-9(2)17(21)23-12-8-19(5)13(20)7-6-10(3)15(19)16-14(12)11(4)18(22)24-16/h9,12-16,20H,3-4,6-8H2,1-2,5H3/t12-,13+,14+,15+,16-,19-/m0/s1. The third kappa shape index (κ3) is 2.41. The average Bonchev–Trinajstić information content (AvgIpc) is 2.78. The molecule has 1 heterocycles. The topological polar surface area (TPSA) is 72.8 Å². The zero-order chi connectivity index (χ0) is 17.8. The summed E-state index contributed by atoms with van der Waals surface area (Å²) in [5.74, 6) is -1.50. The van der Waals surface area contributed by atoms with Crippen molar-refractivity contribution in [1.29, 1.82) is 0 Å². The van der Waals surface area contributed by atoms with E-state index in [1.165, 1.54) is 0 Å². The van der Waals surface area contributed by atoms with Crippen LogP contribution in [0, 0.1) is 23.2 Å². The minimum absolute atomic E-state index is 0.136. The van der Waals surface area contributed by atoms with Gasteiger partial charge in [-0.2, -0.15) is 0 Å². The fourth-order valence-electron chi connectivity index (χ4n) is 4.63. The fourth-order valence-corrected chi connectivity index (χ4v) is 4.63. The maximum absolute atomic E-state index is 12.1. The molecule has 5 heteroatoms. The second-order valence-electron chi connectivity index (χ2n) is 7.95. The van der Waals surface area contributed by atoms with Gasteiger partial charge in [0.25, 0.3) is 0 Å². The Hall–Kier alpha value is -1.62. The molecular weight excluding hydrogens is 308 g/mol. The van der Waals surface area contributed by atoms with Crippen LogP contribution in [0.15, 0.2) is 24.3 Å². The zero-order valence-electron chi connectivity index (χ0n) is 14.6. The van der Waals surface area contributed by atoms with Gasteiger partial charge in [-0.25, -0.2) is 4.79 Å². The van der Waals surface area contributed by atoms with Gasteiger partial charge in [0, 0.05) is 16.9 Å². The predicted molar refractivity (Wildman–Crippen MR) is 87.8 cm³/mol. The van der Waals surface area contributed by atoms with Gasteiger partial charge in [0.2, 0.25) is 0 Å². The molecule has 1 aliphatic heterocycles. The van der Waals surface area contributed by atoms with Crippen LogP contribution in [-0.2, 0) is 19.1 Å². The van der Waals surface area contributed by atoms with Crippen LogP contribution in [0.4, 0.5) is 0 Å². The summed E-state index contributed by atoms with van der Waals surface area (Å²) in [6.07, 6.45) is 0.310. The Morgan fingerprint density at radius 2 is 2.08 bits per heavy atom. The summed E-state index contributed by atoms with van der Waals surface area (Å²) < 4.78 is 11.3. The molecule has 3 rings (SSSR count). The number of aliphatic hydroxyl groups is 1. The van der Waals surface area contributed by atoms with Crippen LogP contribution in [-0.4, -0.2) is 35.4 Å². The van der Waals surface area contributed by atoms with Crippen LogP contribution in [0.25, 0.3) is 0 Å². The summed E-state index contributed by atoms with van der Waals surface area (Å²) in [7, 11) is 0. The smallest absolute Gasteiger partial charge is 0.334 e. The average molecular weight is 334 g/mol. The van der Waals surface area contributed by atoms with Crippen LogP contribution < -0.4 is 0 Å². The van der Waals surface area contributed by atoms with E-state index in [0.29, 0.717) is 24.8 Å². The van der Waals surface area contributed by atoms with Crippen LogP contribution in [0.5, 0.6) is 0 Å². The molecule has 6 atom stereocenters. The quantitative estimate of drug-likeness (QED) is 0.477. The van der Waals surface area contributed by atoms with Crippen LogP contribution in [0.3, 0.4) is 0 Å². The largest absolute Gasteiger partial charge is 0.461 e. The van der Waals surface area contributed by atoms with Gasteiger partial charge in [0.05, 0.1) is 17.9 Å². The van der Waals surface area contributed by atoms with Crippen LogP contribution in [0.1, 0.15) is 40.0 Å². The first kappa shape index (κ1) is 17.2. The molecule has 0 bridgehead atoms. The van der Waals surface area contributed by atoms with Crippen molar-refractivity contribution >= 4 is 11.9 Å². The lowest BCUT2D eigenvalue weighted by molar-refractivity contribution is -0.180. The Bertz CT molecular complexity index is 607. The summed E-state index contributed by atoms with van der Waals surface area (Å²) in [6.45, 7) is 13.6. The summed E-state index contributed by atoms with van der Waals surface area (Å²) >= 11 is 0. The summed E-state index contributed by atoms with van der Waals surface area (Å²) in [6, 6.07) is 0. The van der Waals surface area contributed by atoms with E-state index in [2.05, 4.69) is 13.2 Å². The van der Waals surface area contributed by atoms with Crippen molar-refractivity contribution in [1.82, 2.24) is 0 Å². The van der Waals surface area contributed by atoms with Crippen LogP contribution in [0.2, 0.25) is 0 Å². The molecule has 3 fully saturated rings. The van der Waals surface area contributed by atoms with Gasteiger partial charge >= 0.3 is 11.9 Å². The van der Waals surface area contributed by atoms with Gasteiger partial charge in [-0.05, 0) is 19.3 Å². The molecule has 0 aromatic rings. The van der Waals surface area contributed by atoms with Crippen molar-refractivity contribution in [3.05, 3.63) is 24.3 Å². The van der Waals surface area contributed by atoms with E-state index in [1.807, 2.05) is 6.92 Å². The highest BCUT2D eigenvalue weighted by Crippen LogP contribution is 2.57. The molecule has 3 aliphatic rings. The lowest BCUT2D eigenvalue weighted by Crippen LogP contribution is -2.58. The Labute approximate surface area is 142 Å². The first-order valence-corrected chi connectivity index (χ1v) is 8.62. The fraction of sp³-hybridized carbons (Fsp3) is 0.684. The lowest BCUT2D eigenvalue weighted by atomic mass is 9.53. The third-order valence-corrected chi connectivity index (χ3v) is 6.02. The number of fused-ring (bicyclic) bond motifs is 3. The van der Waals surface area contributed by atoms with E-state index in [-0.39, 0.29) is 23.7 Å². The van der Waals surface area contributed by atoms with Crippen molar-refractivity contribution in [2.24, 2.45) is 23.2 Å². The van der Waals surface area contributed by atoms with E-state index in [9.17, 15) is 14.7 Å². The Morgan fingerprint density at radius 1 is 1.42 bits per heavy atom. The lowest BCUT2D eigenvalue weighted by Gasteiger charge is -2.54. The highest BCUT2D eigenvalue weighted by atomic mass is 16.6. The molecular formula is C19H26O5.